The van der Waals surface area contributed by atoms with Gasteiger partial charge < -0.3 is 14.2 Å². The molecule has 1 aliphatic heterocycles. The number of anilines is 2. The van der Waals surface area contributed by atoms with E-state index in [2.05, 4.69) is 33.9 Å². The van der Waals surface area contributed by atoms with E-state index in [0.29, 0.717) is 17.1 Å². The molecule has 0 spiro atoms. The summed E-state index contributed by atoms with van der Waals surface area (Å²) in [5, 5.41) is 6.84. The van der Waals surface area contributed by atoms with Gasteiger partial charge in [0.2, 0.25) is 0 Å². The van der Waals surface area contributed by atoms with Crippen molar-refractivity contribution in [3.63, 3.8) is 0 Å². The van der Waals surface area contributed by atoms with Crippen molar-refractivity contribution in [3.05, 3.63) is 72.3 Å². The maximum Gasteiger partial charge on any atom is 0.412 e. The average molecular weight is 404 g/mol. The van der Waals surface area contributed by atoms with Gasteiger partial charge in [0, 0.05) is 24.3 Å². The fourth-order valence-electron chi connectivity index (χ4n) is 3.63. The van der Waals surface area contributed by atoms with E-state index >= 15 is 0 Å². The smallest absolute Gasteiger partial charge is 0.412 e. The van der Waals surface area contributed by atoms with Crippen molar-refractivity contribution in [2.24, 2.45) is 0 Å². The molecule has 1 aliphatic rings. The fraction of sp³-hybridized carbons (Fsp3) is 0.292. The van der Waals surface area contributed by atoms with Crippen LogP contribution in [0.3, 0.4) is 0 Å². The van der Waals surface area contributed by atoms with Crippen molar-refractivity contribution in [1.29, 1.82) is 0 Å². The van der Waals surface area contributed by atoms with Gasteiger partial charge >= 0.3 is 6.09 Å². The van der Waals surface area contributed by atoms with E-state index in [0.717, 1.165) is 37.1 Å². The van der Waals surface area contributed by atoms with Gasteiger partial charge in [-0.2, -0.15) is 0 Å². The normalized spacial score (nSPS) is 14.9. The number of nitrogens with one attached hydrogen (secondary N) is 1. The second kappa shape index (κ2) is 9.03. The van der Waals surface area contributed by atoms with Gasteiger partial charge in [0.1, 0.15) is 17.5 Å². The predicted molar refractivity (Wildman–Crippen MR) is 117 cm³/mol. The van der Waals surface area contributed by atoms with Crippen LogP contribution in [0.25, 0.3) is 11.3 Å². The Morgan fingerprint density at radius 3 is 2.50 bits per heavy atom. The third kappa shape index (κ3) is 4.48. The lowest BCUT2D eigenvalue weighted by molar-refractivity contribution is 0.121. The van der Waals surface area contributed by atoms with Crippen molar-refractivity contribution in [2.45, 2.75) is 32.8 Å². The van der Waals surface area contributed by atoms with Crippen LogP contribution >= 0.6 is 0 Å². The van der Waals surface area contributed by atoms with Crippen molar-refractivity contribution in [1.82, 2.24) is 5.16 Å². The summed E-state index contributed by atoms with van der Waals surface area (Å²) < 4.78 is 11.0. The molecule has 0 saturated carbocycles. The first kappa shape index (κ1) is 20.0. The summed E-state index contributed by atoms with van der Waals surface area (Å²) >= 11 is 0. The summed E-state index contributed by atoms with van der Waals surface area (Å²) in [5.74, 6) is 0.523. The Kier molecular flexibility index (Phi) is 6.02. The van der Waals surface area contributed by atoms with Crippen LogP contribution in [0.5, 0.6) is 0 Å². The number of benzene rings is 2. The molecule has 1 N–H and O–H groups in total. The highest BCUT2D eigenvalue weighted by Crippen LogP contribution is 2.33. The first-order valence-electron chi connectivity index (χ1n) is 10.3. The van der Waals surface area contributed by atoms with Crippen LogP contribution in [-0.4, -0.2) is 24.3 Å². The van der Waals surface area contributed by atoms with E-state index in [1.807, 2.05) is 49.4 Å². The summed E-state index contributed by atoms with van der Waals surface area (Å²) in [6.45, 7) is 5.72. The molecule has 1 amide bonds. The maximum absolute atomic E-state index is 12.5. The van der Waals surface area contributed by atoms with Crippen LogP contribution in [-0.2, 0) is 4.74 Å². The molecule has 6 heteroatoms. The molecule has 6 nitrogen and oxygen atoms in total. The first-order valence-corrected chi connectivity index (χ1v) is 10.3. The Bertz CT molecular complexity index is 977. The van der Waals surface area contributed by atoms with Gasteiger partial charge in [-0.1, -0.05) is 35.5 Å². The molecule has 2 heterocycles. The van der Waals surface area contributed by atoms with E-state index in [1.165, 1.54) is 5.69 Å². The Labute approximate surface area is 176 Å². The number of aromatic nitrogens is 1. The number of nitrogens with zero attached hydrogens (tertiary/aromatic N) is 2. The molecule has 0 aliphatic carbocycles. The second-order valence-corrected chi connectivity index (χ2v) is 7.46. The van der Waals surface area contributed by atoms with Crippen LogP contribution in [0.2, 0.25) is 0 Å². The number of rotatable bonds is 5. The standard InChI is InChI=1S/C24H26N3O3/c1-17-22(25-24(28)29-18(2)19-9-5-3-6-10-19)23(30-26-17)20-11-13-21(14-12-20)27-15-7-4-8-16-27/h3-6,9-14,18H,7-8,15-16H2,1-2H3,(H,25,28). The van der Waals surface area contributed by atoms with Crippen LogP contribution in [0.4, 0.5) is 16.2 Å². The molecular weight excluding hydrogens is 378 g/mol. The average Bonchev–Trinajstić information content (AvgIpc) is 3.15. The van der Waals surface area contributed by atoms with E-state index < -0.39 is 6.09 Å². The highest BCUT2D eigenvalue weighted by atomic mass is 16.6. The quantitative estimate of drug-likeness (QED) is 0.585. The fourth-order valence-corrected chi connectivity index (χ4v) is 3.63. The van der Waals surface area contributed by atoms with Crippen molar-refractivity contribution >= 4 is 17.5 Å². The number of ether oxygens (including phenoxy) is 1. The maximum atomic E-state index is 12.5. The predicted octanol–water partition coefficient (Wildman–Crippen LogP) is 5.76. The zero-order valence-corrected chi connectivity index (χ0v) is 17.3. The zero-order valence-electron chi connectivity index (χ0n) is 17.3. The minimum absolute atomic E-state index is 0.365. The lowest BCUT2D eigenvalue weighted by Crippen LogP contribution is -2.29. The van der Waals surface area contributed by atoms with Gasteiger partial charge in [-0.25, -0.2) is 4.79 Å². The van der Waals surface area contributed by atoms with Crippen LogP contribution < -0.4 is 10.2 Å². The third-order valence-electron chi connectivity index (χ3n) is 5.34. The number of amides is 1. The highest BCUT2D eigenvalue weighted by molar-refractivity contribution is 5.91. The lowest BCUT2D eigenvalue weighted by Gasteiger charge is -2.28. The Balaban J connectivity index is 1.47. The summed E-state index contributed by atoms with van der Waals surface area (Å²) in [6, 6.07) is 17.8. The van der Waals surface area contributed by atoms with Crippen LogP contribution in [0, 0.1) is 13.3 Å². The van der Waals surface area contributed by atoms with Gasteiger partial charge in [0.05, 0.1) is 0 Å². The molecule has 2 aromatic carbocycles. The summed E-state index contributed by atoms with van der Waals surface area (Å²) in [7, 11) is 0. The van der Waals surface area contributed by atoms with Gasteiger partial charge in [-0.15, -0.1) is 0 Å². The summed E-state index contributed by atoms with van der Waals surface area (Å²) in [5.41, 5.74) is 4.11. The number of carbonyl (C=O) groups excluding carboxylic acids is 1. The minimum Gasteiger partial charge on any atom is -0.441 e. The Morgan fingerprint density at radius 1 is 1.10 bits per heavy atom. The summed E-state index contributed by atoms with van der Waals surface area (Å²) in [4.78, 5) is 14.9. The topological polar surface area (TPSA) is 67.6 Å². The third-order valence-corrected chi connectivity index (χ3v) is 5.34. The first-order chi connectivity index (χ1) is 14.6. The molecule has 1 aromatic heterocycles. The van der Waals surface area contributed by atoms with Crippen LogP contribution in [0.1, 0.15) is 37.1 Å². The van der Waals surface area contributed by atoms with E-state index in [1.54, 1.807) is 6.92 Å². The van der Waals surface area contributed by atoms with Gasteiger partial charge in [-0.05, 0) is 62.9 Å². The Hall–Kier alpha value is -3.28. The summed E-state index contributed by atoms with van der Waals surface area (Å²) in [6.07, 6.45) is 3.65. The molecular formula is C24H26N3O3. The highest BCUT2D eigenvalue weighted by Gasteiger charge is 2.20. The molecule has 4 rings (SSSR count). The van der Waals surface area contributed by atoms with E-state index in [4.69, 9.17) is 9.26 Å². The van der Waals surface area contributed by atoms with Crippen molar-refractivity contribution in [3.8, 4) is 11.3 Å². The number of carbonyl (C=O) groups is 1. The number of aryl methyl sites for hydroxylation is 1. The van der Waals surface area contributed by atoms with Crippen molar-refractivity contribution in [2.75, 3.05) is 23.3 Å². The second-order valence-electron chi connectivity index (χ2n) is 7.46. The molecule has 1 saturated heterocycles. The molecule has 30 heavy (non-hydrogen) atoms. The van der Waals surface area contributed by atoms with E-state index in [-0.39, 0.29) is 6.10 Å². The molecule has 1 radical (unpaired) electrons. The molecule has 3 aromatic rings. The molecule has 1 fully saturated rings. The molecule has 155 valence electrons. The van der Waals surface area contributed by atoms with Crippen molar-refractivity contribution < 1.29 is 14.1 Å². The molecule has 0 bridgehead atoms. The SMILES string of the molecule is Cc1noc(-c2ccc(N3CC[CH]CC3)cc2)c1NC(=O)OC(C)c1ccccc1. The van der Waals surface area contributed by atoms with E-state index in [9.17, 15) is 4.79 Å². The molecule has 1 atom stereocenters. The van der Waals surface area contributed by atoms with Crippen LogP contribution in [0.15, 0.2) is 59.1 Å². The van der Waals surface area contributed by atoms with Gasteiger partial charge in [-0.3, -0.25) is 5.32 Å². The minimum atomic E-state index is -0.542. The van der Waals surface area contributed by atoms with Gasteiger partial charge in [0.25, 0.3) is 0 Å². The Morgan fingerprint density at radius 2 is 1.80 bits per heavy atom. The number of piperidine rings is 1. The monoisotopic (exact) mass is 404 g/mol. The lowest BCUT2D eigenvalue weighted by atomic mass is 10.1. The number of hydrogen-bond donors (Lipinski definition) is 1. The number of hydrogen-bond acceptors (Lipinski definition) is 5. The van der Waals surface area contributed by atoms with Gasteiger partial charge in [0.15, 0.2) is 5.76 Å². The molecule has 1 unspecified atom stereocenters. The zero-order chi connectivity index (χ0) is 20.9. The largest absolute Gasteiger partial charge is 0.441 e.